The fourth-order valence-corrected chi connectivity index (χ4v) is 2.31. The van der Waals surface area contributed by atoms with E-state index in [2.05, 4.69) is 31.8 Å². The molecule has 7 heteroatoms. The summed E-state index contributed by atoms with van der Waals surface area (Å²) in [5.41, 5.74) is 4.23. The Morgan fingerprint density at radius 2 is 1.96 bits per heavy atom. The molecule has 0 heterocycles. The zero-order valence-corrected chi connectivity index (χ0v) is 15.2. The first-order valence-electron chi connectivity index (χ1n) is 7.56. The van der Waals surface area contributed by atoms with Gasteiger partial charge in [-0.15, -0.1) is 0 Å². The van der Waals surface area contributed by atoms with E-state index in [1.807, 2.05) is 49.4 Å². The van der Waals surface area contributed by atoms with Crippen LogP contribution in [-0.2, 0) is 9.59 Å². The van der Waals surface area contributed by atoms with Crippen LogP contribution in [0.5, 0.6) is 5.75 Å². The van der Waals surface area contributed by atoms with Crippen molar-refractivity contribution >= 4 is 34.0 Å². The van der Waals surface area contributed by atoms with Crippen LogP contribution in [0.25, 0.3) is 0 Å². The summed E-state index contributed by atoms with van der Waals surface area (Å²) in [5.74, 6) is -0.194. The summed E-state index contributed by atoms with van der Waals surface area (Å²) < 4.78 is 6.27. The largest absolute Gasteiger partial charge is 0.484 e. The lowest BCUT2D eigenvalue weighted by molar-refractivity contribution is -0.127. The van der Waals surface area contributed by atoms with Gasteiger partial charge in [0.2, 0.25) is 0 Å². The van der Waals surface area contributed by atoms with Gasteiger partial charge in [-0.3, -0.25) is 9.59 Å². The number of ether oxygens (including phenoxy) is 1. The minimum Gasteiger partial charge on any atom is -0.484 e. The predicted molar refractivity (Wildman–Crippen MR) is 99.6 cm³/mol. The molecule has 0 unspecified atom stereocenters. The van der Waals surface area contributed by atoms with Crippen molar-refractivity contribution in [3.8, 4) is 5.75 Å². The first-order chi connectivity index (χ1) is 12.0. The highest BCUT2D eigenvalue weighted by Crippen LogP contribution is 2.12. The van der Waals surface area contributed by atoms with Crippen LogP contribution in [-0.4, -0.2) is 31.2 Å². The van der Waals surface area contributed by atoms with Crippen LogP contribution in [0.3, 0.4) is 0 Å². The van der Waals surface area contributed by atoms with Crippen LogP contribution in [0.15, 0.2) is 58.1 Å². The Morgan fingerprint density at radius 3 is 2.72 bits per heavy atom. The van der Waals surface area contributed by atoms with Gasteiger partial charge >= 0.3 is 0 Å². The molecule has 2 aromatic carbocycles. The van der Waals surface area contributed by atoms with Crippen LogP contribution in [0.2, 0.25) is 0 Å². The van der Waals surface area contributed by atoms with Crippen molar-refractivity contribution in [3.05, 3.63) is 64.1 Å². The van der Waals surface area contributed by atoms with Gasteiger partial charge in [-0.1, -0.05) is 40.2 Å². The molecule has 0 fully saturated rings. The molecule has 6 nitrogen and oxygen atoms in total. The molecular weight excluding hydrogens is 386 g/mol. The van der Waals surface area contributed by atoms with Gasteiger partial charge < -0.3 is 10.1 Å². The van der Waals surface area contributed by atoms with Crippen molar-refractivity contribution in [2.24, 2.45) is 5.10 Å². The topological polar surface area (TPSA) is 79.8 Å². The lowest BCUT2D eigenvalue weighted by Gasteiger charge is -2.07. The van der Waals surface area contributed by atoms with Gasteiger partial charge in [0.1, 0.15) is 5.75 Å². The summed E-state index contributed by atoms with van der Waals surface area (Å²) in [4.78, 5) is 23.3. The van der Waals surface area contributed by atoms with Gasteiger partial charge in [-0.25, -0.2) is 5.43 Å². The lowest BCUT2D eigenvalue weighted by atomic mass is 10.2. The maximum atomic E-state index is 11.7. The molecule has 0 radical (unpaired) electrons. The van der Waals surface area contributed by atoms with E-state index in [9.17, 15) is 9.59 Å². The van der Waals surface area contributed by atoms with Gasteiger partial charge in [-0.05, 0) is 42.3 Å². The summed E-state index contributed by atoms with van der Waals surface area (Å²) in [5, 5.41) is 6.30. The quantitative estimate of drug-likeness (QED) is 0.550. The zero-order chi connectivity index (χ0) is 18.1. The smallest absolute Gasteiger partial charge is 0.259 e. The van der Waals surface area contributed by atoms with Crippen molar-refractivity contribution in [2.75, 3.05) is 13.2 Å². The first kappa shape index (κ1) is 18.7. The fraction of sp³-hybridized carbons (Fsp3) is 0.167. The summed E-state index contributed by atoms with van der Waals surface area (Å²) in [6.07, 6.45) is 1.52. The number of nitrogens with one attached hydrogen (secondary N) is 2. The van der Waals surface area contributed by atoms with E-state index < -0.39 is 5.91 Å². The zero-order valence-electron chi connectivity index (χ0n) is 13.7. The molecule has 2 rings (SSSR count). The minimum absolute atomic E-state index is 0.155. The van der Waals surface area contributed by atoms with Crippen LogP contribution in [0.1, 0.15) is 11.1 Å². The molecule has 0 spiro atoms. The first-order valence-corrected chi connectivity index (χ1v) is 8.36. The Morgan fingerprint density at radius 1 is 1.16 bits per heavy atom. The number of nitrogens with zero attached hydrogens (tertiary/aromatic N) is 1. The van der Waals surface area contributed by atoms with E-state index in [4.69, 9.17) is 4.74 Å². The van der Waals surface area contributed by atoms with E-state index in [0.717, 1.165) is 15.6 Å². The van der Waals surface area contributed by atoms with E-state index in [-0.39, 0.29) is 19.1 Å². The number of rotatable bonds is 7. The van der Waals surface area contributed by atoms with E-state index >= 15 is 0 Å². The van der Waals surface area contributed by atoms with Gasteiger partial charge in [0.25, 0.3) is 11.8 Å². The third-order valence-corrected chi connectivity index (χ3v) is 3.55. The third kappa shape index (κ3) is 7.17. The number of hydrogen-bond acceptors (Lipinski definition) is 4. The highest BCUT2D eigenvalue weighted by molar-refractivity contribution is 9.10. The number of hydrazone groups is 1. The SMILES string of the molecule is Cc1cccc(OCC(=O)NCC(=O)N/N=C\c2cccc(Br)c2)c1. The highest BCUT2D eigenvalue weighted by atomic mass is 79.9. The predicted octanol–water partition coefficient (Wildman–Crippen LogP) is 2.40. The van der Waals surface area contributed by atoms with E-state index in [0.29, 0.717) is 5.75 Å². The Hall–Kier alpha value is -2.67. The number of hydrogen-bond donors (Lipinski definition) is 2. The Kier molecular flexibility index (Phi) is 7.16. The number of carbonyl (C=O) groups excluding carboxylic acids is 2. The molecule has 0 saturated carbocycles. The van der Waals surface area contributed by atoms with Gasteiger partial charge in [0.05, 0.1) is 12.8 Å². The van der Waals surface area contributed by atoms with E-state index in [1.54, 1.807) is 6.07 Å². The van der Waals surface area contributed by atoms with Gasteiger partial charge in [0, 0.05) is 4.47 Å². The molecule has 130 valence electrons. The normalized spacial score (nSPS) is 10.5. The van der Waals surface area contributed by atoms with Crippen molar-refractivity contribution in [1.29, 1.82) is 0 Å². The average Bonchev–Trinajstić information content (AvgIpc) is 2.58. The van der Waals surface area contributed by atoms with Crippen molar-refractivity contribution in [1.82, 2.24) is 10.7 Å². The third-order valence-electron chi connectivity index (χ3n) is 3.06. The van der Waals surface area contributed by atoms with Crippen molar-refractivity contribution in [2.45, 2.75) is 6.92 Å². The monoisotopic (exact) mass is 403 g/mol. The van der Waals surface area contributed by atoms with Crippen LogP contribution in [0, 0.1) is 6.92 Å². The summed E-state index contributed by atoms with van der Waals surface area (Å²) in [6, 6.07) is 14.8. The second-order valence-corrected chi connectivity index (χ2v) is 6.15. The summed E-state index contributed by atoms with van der Waals surface area (Å²) >= 11 is 3.35. The molecule has 2 aromatic rings. The number of halogens is 1. The number of benzene rings is 2. The molecule has 0 atom stereocenters. The molecule has 25 heavy (non-hydrogen) atoms. The maximum absolute atomic E-state index is 11.7. The molecule has 2 amide bonds. The average molecular weight is 404 g/mol. The molecule has 0 aliphatic rings. The van der Waals surface area contributed by atoms with Crippen LogP contribution >= 0.6 is 15.9 Å². The Labute approximate surface area is 154 Å². The maximum Gasteiger partial charge on any atom is 0.259 e. The summed E-state index contributed by atoms with van der Waals surface area (Å²) in [6.45, 7) is 1.61. The highest BCUT2D eigenvalue weighted by Gasteiger charge is 2.06. The van der Waals surface area contributed by atoms with Gasteiger partial charge in [-0.2, -0.15) is 5.10 Å². The van der Waals surface area contributed by atoms with E-state index in [1.165, 1.54) is 6.21 Å². The second-order valence-electron chi connectivity index (χ2n) is 5.23. The standard InChI is InChI=1S/C18H18BrN3O3/c1-13-4-2-7-16(8-13)25-12-18(24)20-11-17(23)22-21-10-14-5-3-6-15(19)9-14/h2-10H,11-12H2,1H3,(H,20,24)(H,22,23)/b21-10-. The Bertz CT molecular complexity index is 778. The van der Waals surface area contributed by atoms with Crippen LogP contribution < -0.4 is 15.5 Å². The van der Waals surface area contributed by atoms with Crippen LogP contribution in [0.4, 0.5) is 0 Å². The lowest BCUT2D eigenvalue weighted by Crippen LogP contribution is -2.37. The number of aryl methyl sites for hydroxylation is 1. The molecule has 0 bridgehead atoms. The number of amides is 2. The molecule has 0 aliphatic heterocycles. The summed E-state index contributed by atoms with van der Waals surface area (Å²) in [7, 11) is 0. The minimum atomic E-state index is -0.421. The molecule has 2 N–H and O–H groups in total. The van der Waals surface area contributed by atoms with Crippen molar-refractivity contribution in [3.63, 3.8) is 0 Å². The molecule has 0 saturated heterocycles. The molecule has 0 aromatic heterocycles. The number of carbonyl (C=O) groups is 2. The molecular formula is C18H18BrN3O3. The molecule has 0 aliphatic carbocycles. The van der Waals surface area contributed by atoms with Gasteiger partial charge in [0.15, 0.2) is 6.61 Å². The van der Waals surface area contributed by atoms with Crippen molar-refractivity contribution < 1.29 is 14.3 Å². The second kappa shape index (κ2) is 9.58. The fourth-order valence-electron chi connectivity index (χ4n) is 1.89. The Balaban J connectivity index is 1.68.